The van der Waals surface area contributed by atoms with Crippen molar-refractivity contribution in [2.24, 2.45) is 5.11 Å². The van der Waals surface area contributed by atoms with Crippen molar-refractivity contribution >= 4 is 12.0 Å². The molecular weight excluding hydrogens is 196 g/mol. The molecule has 0 atom stereocenters. The van der Waals surface area contributed by atoms with Gasteiger partial charge in [-0.15, -0.1) is 0 Å². The van der Waals surface area contributed by atoms with Gasteiger partial charge in [0.2, 0.25) is 0 Å². The number of rotatable bonds is 4. The van der Waals surface area contributed by atoms with E-state index < -0.39 is 5.97 Å². The Morgan fingerprint density at radius 1 is 1.73 bits per heavy atom. The fraction of sp³-hybridized carbons (Fsp3) is 0.111. The SMILES string of the molecule is [N-]=[N+]=NCC=Cc1cccnc1C(=O)O. The molecule has 0 aliphatic heterocycles. The van der Waals surface area contributed by atoms with Crippen molar-refractivity contribution in [2.45, 2.75) is 0 Å². The standard InChI is InChI=1S/C9H8N4O2/c10-13-12-6-2-4-7-3-1-5-11-8(7)9(14)15/h1-5H,6H2,(H,14,15). The van der Waals surface area contributed by atoms with Crippen molar-refractivity contribution in [1.29, 1.82) is 0 Å². The lowest BCUT2D eigenvalue weighted by Gasteiger charge is -1.97. The number of carbonyl (C=O) groups is 1. The maximum atomic E-state index is 10.7. The smallest absolute Gasteiger partial charge is 0.355 e. The molecule has 0 radical (unpaired) electrons. The van der Waals surface area contributed by atoms with Crippen LogP contribution in [0.1, 0.15) is 16.1 Å². The first-order valence-electron chi connectivity index (χ1n) is 4.11. The van der Waals surface area contributed by atoms with Gasteiger partial charge in [0.05, 0.1) is 0 Å². The van der Waals surface area contributed by atoms with Crippen LogP contribution in [-0.4, -0.2) is 22.6 Å². The van der Waals surface area contributed by atoms with E-state index in [1.165, 1.54) is 6.20 Å². The van der Waals surface area contributed by atoms with Crippen LogP contribution < -0.4 is 0 Å². The first-order chi connectivity index (χ1) is 7.25. The fourth-order valence-electron chi connectivity index (χ4n) is 0.994. The molecule has 1 aromatic heterocycles. The van der Waals surface area contributed by atoms with E-state index in [9.17, 15) is 4.79 Å². The monoisotopic (exact) mass is 204 g/mol. The number of carboxylic acid groups (broad SMARTS) is 1. The lowest BCUT2D eigenvalue weighted by molar-refractivity contribution is 0.0690. The second-order valence-corrected chi connectivity index (χ2v) is 2.56. The minimum Gasteiger partial charge on any atom is -0.476 e. The second kappa shape index (κ2) is 5.41. The Kier molecular flexibility index (Phi) is 3.88. The van der Waals surface area contributed by atoms with E-state index in [0.29, 0.717) is 5.56 Å². The molecule has 0 aromatic carbocycles. The predicted molar refractivity (Wildman–Crippen MR) is 54.2 cm³/mol. The molecule has 6 heteroatoms. The van der Waals surface area contributed by atoms with E-state index in [-0.39, 0.29) is 12.2 Å². The average molecular weight is 204 g/mol. The van der Waals surface area contributed by atoms with Crippen molar-refractivity contribution < 1.29 is 9.90 Å². The summed E-state index contributed by atoms with van der Waals surface area (Å²) in [4.78, 5) is 17.0. The van der Waals surface area contributed by atoms with Crippen molar-refractivity contribution in [3.8, 4) is 0 Å². The molecule has 0 saturated carbocycles. The molecule has 0 saturated heterocycles. The zero-order chi connectivity index (χ0) is 11.1. The third kappa shape index (κ3) is 3.13. The van der Waals surface area contributed by atoms with Crippen molar-refractivity contribution in [1.82, 2.24) is 4.98 Å². The lowest BCUT2D eigenvalue weighted by Crippen LogP contribution is -2.02. The van der Waals surface area contributed by atoms with Gasteiger partial charge in [-0.25, -0.2) is 9.78 Å². The largest absolute Gasteiger partial charge is 0.476 e. The number of azide groups is 1. The van der Waals surface area contributed by atoms with E-state index >= 15 is 0 Å². The van der Waals surface area contributed by atoms with Crippen LogP contribution in [0.5, 0.6) is 0 Å². The number of aromatic nitrogens is 1. The van der Waals surface area contributed by atoms with Crippen LogP contribution in [0.4, 0.5) is 0 Å². The minimum atomic E-state index is -1.08. The fourth-order valence-corrected chi connectivity index (χ4v) is 0.994. The van der Waals surface area contributed by atoms with Crippen molar-refractivity contribution in [3.63, 3.8) is 0 Å². The van der Waals surface area contributed by atoms with Gasteiger partial charge in [0.15, 0.2) is 5.69 Å². The predicted octanol–water partition coefficient (Wildman–Crippen LogP) is 2.10. The zero-order valence-electron chi connectivity index (χ0n) is 7.74. The molecule has 1 N–H and O–H groups in total. The summed E-state index contributed by atoms with van der Waals surface area (Å²) in [6.45, 7) is 0.185. The Labute approximate surface area is 85.5 Å². The molecule has 1 rings (SSSR count). The molecule has 0 aliphatic carbocycles. The first kappa shape index (κ1) is 10.7. The molecule has 0 aliphatic rings. The highest BCUT2D eigenvalue weighted by Gasteiger charge is 2.07. The van der Waals surface area contributed by atoms with Gasteiger partial charge in [-0.05, 0) is 11.6 Å². The number of aromatic carboxylic acids is 1. The van der Waals surface area contributed by atoms with Crippen LogP contribution in [0.3, 0.4) is 0 Å². The zero-order valence-corrected chi connectivity index (χ0v) is 7.74. The van der Waals surface area contributed by atoms with Crippen LogP contribution >= 0.6 is 0 Å². The maximum Gasteiger partial charge on any atom is 0.355 e. The van der Waals surface area contributed by atoms with Gasteiger partial charge >= 0.3 is 5.97 Å². The summed E-state index contributed by atoms with van der Waals surface area (Å²) in [6, 6.07) is 3.27. The second-order valence-electron chi connectivity index (χ2n) is 2.56. The number of nitrogens with zero attached hydrogens (tertiary/aromatic N) is 4. The Hall–Kier alpha value is -2.33. The Bertz CT molecular complexity index is 435. The van der Waals surface area contributed by atoms with Crippen LogP contribution in [0.25, 0.3) is 16.5 Å². The molecule has 0 fully saturated rings. The molecule has 1 heterocycles. The molecule has 76 valence electrons. The van der Waals surface area contributed by atoms with Crippen molar-refractivity contribution in [3.05, 3.63) is 46.1 Å². The van der Waals surface area contributed by atoms with E-state index in [1.54, 1.807) is 24.3 Å². The molecule has 1 aromatic rings. The van der Waals surface area contributed by atoms with E-state index in [4.69, 9.17) is 10.6 Å². The summed E-state index contributed by atoms with van der Waals surface area (Å²) >= 11 is 0. The van der Waals surface area contributed by atoms with Crippen LogP contribution in [0.15, 0.2) is 29.5 Å². The maximum absolute atomic E-state index is 10.7. The summed E-state index contributed by atoms with van der Waals surface area (Å²) in [6.07, 6.45) is 4.54. The van der Waals surface area contributed by atoms with Gasteiger partial charge in [-0.1, -0.05) is 23.3 Å². The molecule has 0 unspecified atom stereocenters. The molecule has 0 spiro atoms. The van der Waals surface area contributed by atoms with Crippen LogP contribution in [0.2, 0.25) is 0 Å². The summed E-state index contributed by atoms with van der Waals surface area (Å²) in [5.74, 6) is -1.08. The third-order valence-corrected chi connectivity index (χ3v) is 1.59. The number of hydrogen-bond acceptors (Lipinski definition) is 3. The molecule has 0 bridgehead atoms. The summed E-state index contributed by atoms with van der Waals surface area (Å²) in [5.41, 5.74) is 8.49. The third-order valence-electron chi connectivity index (χ3n) is 1.59. The highest BCUT2D eigenvalue weighted by molar-refractivity contribution is 5.89. The van der Waals surface area contributed by atoms with E-state index in [1.807, 2.05) is 0 Å². The Morgan fingerprint density at radius 2 is 2.53 bits per heavy atom. The topological polar surface area (TPSA) is 99.0 Å². The normalized spacial score (nSPS) is 9.87. The first-order valence-corrected chi connectivity index (χ1v) is 4.11. The summed E-state index contributed by atoms with van der Waals surface area (Å²) in [5, 5.41) is 12.1. The number of hydrogen-bond donors (Lipinski definition) is 1. The van der Waals surface area contributed by atoms with Gasteiger partial charge in [0, 0.05) is 23.2 Å². The van der Waals surface area contributed by atoms with Gasteiger partial charge in [-0.3, -0.25) is 0 Å². The highest BCUT2D eigenvalue weighted by atomic mass is 16.4. The van der Waals surface area contributed by atoms with Crippen molar-refractivity contribution in [2.75, 3.05) is 6.54 Å². The Morgan fingerprint density at radius 3 is 3.20 bits per heavy atom. The quantitative estimate of drug-likeness (QED) is 0.461. The molecule has 6 nitrogen and oxygen atoms in total. The van der Waals surface area contributed by atoms with E-state index in [0.717, 1.165) is 0 Å². The summed E-state index contributed by atoms with van der Waals surface area (Å²) in [7, 11) is 0. The van der Waals surface area contributed by atoms with Gasteiger partial charge in [0.25, 0.3) is 0 Å². The molecule has 15 heavy (non-hydrogen) atoms. The summed E-state index contributed by atoms with van der Waals surface area (Å²) < 4.78 is 0. The van der Waals surface area contributed by atoms with Crippen LogP contribution in [-0.2, 0) is 0 Å². The van der Waals surface area contributed by atoms with Gasteiger partial charge < -0.3 is 5.11 Å². The van der Waals surface area contributed by atoms with Gasteiger partial charge in [0.1, 0.15) is 0 Å². The molecular formula is C9H8N4O2. The van der Waals surface area contributed by atoms with E-state index in [2.05, 4.69) is 15.0 Å². The van der Waals surface area contributed by atoms with Crippen LogP contribution in [0, 0.1) is 0 Å². The lowest BCUT2D eigenvalue weighted by atomic mass is 10.2. The highest BCUT2D eigenvalue weighted by Crippen LogP contribution is 2.07. The van der Waals surface area contributed by atoms with Gasteiger partial charge in [-0.2, -0.15) is 0 Å². The average Bonchev–Trinajstić information content (AvgIpc) is 2.25. The number of pyridine rings is 1. The Balaban J connectivity index is 2.88. The minimum absolute atomic E-state index is 0.0188. The molecule has 0 amide bonds. The number of carboxylic acids is 1.